The number of allylic oxidation sites excluding steroid dienone is 2. The average Bonchev–Trinajstić information content (AvgIpc) is 2.85. The maximum absolute atomic E-state index is 12.7. The molecule has 2 rings (SSSR count). The van der Waals surface area contributed by atoms with E-state index in [-0.39, 0.29) is 22.7 Å². The number of likely N-dealkylation sites (tertiary alicyclic amines) is 1. The van der Waals surface area contributed by atoms with Crippen molar-refractivity contribution in [1.82, 2.24) is 15.1 Å². The van der Waals surface area contributed by atoms with Gasteiger partial charge in [0.05, 0.1) is 0 Å². The Hall–Kier alpha value is -1.45. The summed E-state index contributed by atoms with van der Waals surface area (Å²) in [6.07, 6.45) is 6.73. The van der Waals surface area contributed by atoms with Crippen molar-refractivity contribution in [2.24, 2.45) is 16.7 Å². The Balaban J connectivity index is 2.13. The van der Waals surface area contributed by atoms with Crippen LogP contribution in [0.15, 0.2) is 23.7 Å². The topological polar surface area (TPSA) is 35.6 Å². The first kappa shape index (κ1) is 17.9. The maximum Gasteiger partial charge on any atom is 0.229 e. The first-order chi connectivity index (χ1) is 10.6. The molecule has 2 aliphatic rings. The fourth-order valence-corrected chi connectivity index (χ4v) is 3.80. The van der Waals surface area contributed by atoms with Gasteiger partial charge < -0.3 is 15.1 Å². The van der Waals surface area contributed by atoms with Gasteiger partial charge in [0.25, 0.3) is 0 Å². The second-order valence-electron chi connectivity index (χ2n) is 8.20. The average molecular weight is 319 g/mol. The number of hydrogen-bond acceptors (Lipinski definition) is 3. The van der Waals surface area contributed by atoms with Crippen molar-refractivity contribution in [2.45, 2.75) is 47.5 Å². The van der Waals surface area contributed by atoms with Gasteiger partial charge in [0, 0.05) is 44.9 Å². The molecule has 130 valence electrons. The van der Waals surface area contributed by atoms with Gasteiger partial charge in [0.2, 0.25) is 5.91 Å². The largest absolute Gasteiger partial charge is 0.372 e. The molecule has 1 heterocycles. The molecule has 0 bridgehead atoms. The molecule has 0 aromatic carbocycles. The Morgan fingerprint density at radius 1 is 1.13 bits per heavy atom. The highest BCUT2D eigenvalue weighted by Crippen LogP contribution is 2.68. The molecule has 23 heavy (non-hydrogen) atoms. The van der Waals surface area contributed by atoms with Gasteiger partial charge in [-0.15, -0.1) is 0 Å². The zero-order valence-corrected chi connectivity index (χ0v) is 15.9. The first-order valence-corrected chi connectivity index (χ1v) is 8.74. The van der Waals surface area contributed by atoms with E-state index in [0.29, 0.717) is 0 Å². The Labute approximate surface area is 141 Å². The number of carbonyl (C=O) groups is 1. The van der Waals surface area contributed by atoms with E-state index in [2.05, 4.69) is 57.0 Å². The number of rotatable bonds is 5. The van der Waals surface area contributed by atoms with Gasteiger partial charge in [-0.25, -0.2) is 0 Å². The SMILES string of the molecule is CC=C(/C=C(/NC(=O)C1C(C)(C)C1(C)C)N(C)C)N1CCCC1. The minimum absolute atomic E-state index is 0.0624. The lowest BCUT2D eigenvalue weighted by Crippen LogP contribution is -2.34. The van der Waals surface area contributed by atoms with Gasteiger partial charge in [0.15, 0.2) is 0 Å². The van der Waals surface area contributed by atoms with Gasteiger partial charge in [0.1, 0.15) is 5.82 Å². The fraction of sp³-hybridized carbons (Fsp3) is 0.737. The molecule has 1 aliphatic heterocycles. The molecule has 1 N–H and O–H groups in total. The maximum atomic E-state index is 12.7. The van der Waals surface area contributed by atoms with Crippen LogP contribution in [0.5, 0.6) is 0 Å². The third-order valence-electron chi connectivity index (χ3n) is 6.07. The minimum Gasteiger partial charge on any atom is -0.372 e. The molecular formula is C19H33N3O. The quantitative estimate of drug-likeness (QED) is 0.791. The van der Waals surface area contributed by atoms with Crippen LogP contribution in [0.4, 0.5) is 0 Å². The molecule has 0 unspecified atom stereocenters. The van der Waals surface area contributed by atoms with Crippen molar-refractivity contribution in [3.8, 4) is 0 Å². The molecule has 4 heteroatoms. The molecule has 0 spiro atoms. The molecule has 0 radical (unpaired) electrons. The number of amides is 1. The highest BCUT2D eigenvalue weighted by Gasteiger charge is 2.68. The van der Waals surface area contributed by atoms with E-state index < -0.39 is 0 Å². The van der Waals surface area contributed by atoms with Crippen LogP contribution in [-0.4, -0.2) is 42.9 Å². The molecule has 2 fully saturated rings. The molecule has 1 saturated heterocycles. The van der Waals surface area contributed by atoms with E-state index in [0.717, 1.165) is 18.9 Å². The van der Waals surface area contributed by atoms with Crippen molar-refractivity contribution in [3.63, 3.8) is 0 Å². The van der Waals surface area contributed by atoms with Crippen molar-refractivity contribution >= 4 is 5.91 Å². The predicted octanol–water partition coefficient (Wildman–Crippen LogP) is 3.19. The van der Waals surface area contributed by atoms with Crippen LogP contribution >= 0.6 is 0 Å². The van der Waals surface area contributed by atoms with E-state index in [1.807, 2.05) is 19.0 Å². The minimum atomic E-state index is 0.0624. The molecule has 1 aliphatic carbocycles. The summed E-state index contributed by atoms with van der Waals surface area (Å²) >= 11 is 0. The van der Waals surface area contributed by atoms with E-state index in [1.165, 1.54) is 18.5 Å². The van der Waals surface area contributed by atoms with Gasteiger partial charge in [-0.05, 0) is 30.6 Å². The van der Waals surface area contributed by atoms with Crippen molar-refractivity contribution in [1.29, 1.82) is 0 Å². The van der Waals surface area contributed by atoms with Crippen molar-refractivity contribution in [3.05, 3.63) is 23.7 Å². The van der Waals surface area contributed by atoms with E-state index in [9.17, 15) is 4.79 Å². The van der Waals surface area contributed by atoms with Crippen LogP contribution in [0.1, 0.15) is 47.5 Å². The summed E-state index contributed by atoms with van der Waals surface area (Å²) in [6.45, 7) is 13.0. The summed E-state index contributed by atoms with van der Waals surface area (Å²) in [5.74, 6) is 1.07. The van der Waals surface area contributed by atoms with E-state index >= 15 is 0 Å². The molecule has 1 amide bonds. The van der Waals surface area contributed by atoms with Crippen molar-refractivity contribution in [2.75, 3.05) is 27.2 Å². The molecule has 4 nitrogen and oxygen atoms in total. The smallest absolute Gasteiger partial charge is 0.229 e. The highest BCUT2D eigenvalue weighted by molar-refractivity contribution is 5.85. The number of carbonyl (C=O) groups excluding carboxylic acids is 1. The third-order valence-corrected chi connectivity index (χ3v) is 6.07. The van der Waals surface area contributed by atoms with Crippen LogP contribution in [-0.2, 0) is 4.79 Å². The van der Waals surface area contributed by atoms with Crippen LogP contribution in [0.3, 0.4) is 0 Å². The normalized spacial score (nSPS) is 23.9. The van der Waals surface area contributed by atoms with Gasteiger partial charge in [-0.2, -0.15) is 0 Å². The highest BCUT2D eigenvalue weighted by atomic mass is 16.2. The number of nitrogens with one attached hydrogen (secondary N) is 1. The summed E-state index contributed by atoms with van der Waals surface area (Å²) in [6, 6.07) is 0. The Kier molecular flexibility index (Phi) is 4.84. The molecule has 0 aromatic rings. The lowest BCUT2D eigenvalue weighted by Gasteiger charge is -2.23. The zero-order chi connectivity index (χ0) is 17.4. The fourth-order valence-electron chi connectivity index (χ4n) is 3.80. The summed E-state index contributed by atoms with van der Waals surface area (Å²) in [5.41, 5.74) is 1.32. The van der Waals surface area contributed by atoms with Gasteiger partial charge >= 0.3 is 0 Å². The summed E-state index contributed by atoms with van der Waals surface area (Å²) in [5, 5.41) is 3.16. The molecule has 0 aromatic heterocycles. The standard InChI is InChI=1S/C19H33N3O/c1-8-14(22-11-9-10-12-22)13-15(21(6)7)20-17(23)16-18(2,3)19(16,4)5/h8,13,16H,9-12H2,1-7H3,(H,20,23)/b14-8?,15-13-. The summed E-state index contributed by atoms with van der Waals surface area (Å²) in [4.78, 5) is 17.1. The lowest BCUT2D eigenvalue weighted by atomic mass is 10.0. The van der Waals surface area contributed by atoms with Gasteiger partial charge in [-0.3, -0.25) is 4.79 Å². The summed E-state index contributed by atoms with van der Waals surface area (Å²) in [7, 11) is 3.96. The van der Waals surface area contributed by atoms with Gasteiger partial charge in [-0.1, -0.05) is 33.8 Å². The van der Waals surface area contributed by atoms with Crippen molar-refractivity contribution < 1.29 is 4.79 Å². The van der Waals surface area contributed by atoms with Crippen LogP contribution < -0.4 is 5.32 Å². The van der Waals surface area contributed by atoms with Crippen LogP contribution in [0.25, 0.3) is 0 Å². The molecular weight excluding hydrogens is 286 g/mol. The lowest BCUT2D eigenvalue weighted by molar-refractivity contribution is -0.123. The monoisotopic (exact) mass is 319 g/mol. The predicted molar refractivity (Wildman–Crippen MR) is 95.5 cm³/mol. The third kappa shape index (κ3) is 3.26. The van der Waals surface area contributed by atoms with Crippen LogP contribution in [0, 0.1) is 16.7 Å². The Morgan fingerprint density at radius 3 is 2.04 bits per heavy atom. The second-order valence-corrected chi connectivity index (χ2v) is 8.20. The molecule has 0 atom stereocenters. The van der Waals surface area contributed by atoms with E-state index in [4.69, 9.17) is 0 Å². The summed E-state index contributed by atoms with van der Waals surface area (Å²) < 4.78 is 0. The first-order valence-electron chi connectivity index (χ1n) is 8.74. The Morgan fingerprint density at radius 2 is 1.65 bits per heavy atom. The van der Waals surface area contributed by atoms with E-state index in [1.54, 1.807) is 0 Å². The van der Waals surface area contributed by atoms with Crippen LogP contribution in [0.2, 0.25) is 0 Å². The Bertz CT molecular complexity index is 509. The zero-order valence-electron chi connectivity index (χ0n) is 15.9. The number of hydrogen-bond donors (Lipinski definition) is 1. The second kappa shape index (κ2) is 6.21. The molecule has 1 saturated carbocycles. The number of nitrogens with zero attached hydrogens (tertiary/aromatic N) is 2.